The third kappa shape index (κ3) is 4.86. The van der Waals surface area contributed by atoms with E-state index in [9.17, 15) is 13.2 Å². The molecule has 0 amide bonds. The summed E-state index contributed by atoms with van der Waals surface area (Å²) in [5.74, 6) is 0.476. The Kier molecular flexibility index (Phi) is 6.14. The van der Waals surface area contributed by atoms with Gasteiger partial charge in [-0.15, -0.1) is 0 Å². The monoisotopic (exact) mass is 471 g/mol. The van der Waals surface area contributed by atoms with Gasteiger partial charge in [-0.05, 0) is 48.7 Å². The first kappa shape index (κ1) is 22.3. The fourth-order valence-corrected chi connectivity index (χ4v) is 4.05. The van der Waals surface area contributed by atoms with Crippen molar-refractivity contribution in [2.45, 2.75) is 18.7 Å². The second-order valence-electron chi connectivity index (χ2n) is 8.09. The van der Waals surface area contributed by atoms with Gasteiger partial charge in [-0.1, -0.05) is 0 Å². The number of rotatable bonds is 5. The zero-order valence-electron chi connectivity index (χ0n) is 18.3. The van der Waals surface area contributed by atoms with Crippen molar-refractivity contribution in [3.05, 3.63) is 60.4 Å². The molecule has 0 radical (unpaired) electrons. The van der Waals surface area contributed by atoms with Crippen molar-refractivity contribution in [3.63, 3.8) is 0 Å². The second-order valence-corrected chi connectivity index (χ2v) is 8.09. The van der Waals surface area contributed by atoms with Gasteiger partial charge in [0.15, 0.2) is 0 Å². The first-order valence-electron chi connectivity index (χ1n) is 11.1. The summed E-state index contributed by atoms with van der Waals surface area (Å²) in [4.78, 5) is 10.8. The molecular weight excluding hydrogens is 447 g/mol. The minimum atomic E-state index is -4.53. The van der Waals surface area contributed by atoms with E-state index in [-0.39, 0.29) is 28.7 Å². The first-order chi connectivity index (χ1) is 16.5. The zero-order valence-corrected chi connectivity index (χ0v) is 18.3. The molecule has 1 aromatic heterocycles. The topological polar surface area (TPSA) is 71.5 Å². The van der Waals surface area contributed by atoms with Crippen LogP contribution >= 0.6 is 0 Å². The minimum absolute atomic E-state index is 0.101. The Balaban J connectivity index is 1.44. The summed E-state index contributed by atoms with van der Waals surface area (Å²) in [6.07, 6.45) is 0.733. The molecule has 34 heavy (non-hydrogen) atoms. The molecule has 7 nitrogen and oxygen atoms in total. The van der Waals surface area contributed by atoms with E-state index in [1.807, 2.05) is 30.3 Å². The molecule has 1 saturated heterocycles. The third-order valence-corrected chi connectivity index (χ3v) is 5.80. The van der Waals surface area contributed by atoms with E-state index < -0.39 is 11.7 Å². The lowest BCUT2D eigenvalue weighted by Crippen LogP contribution is -2.36. The average molecular weight is 471 g/mol. The lowest BCUT2D eigenvalue weighted by Gasteiger charge is -2.28. The first-order valence-corrected chi connectivity index (χ1v) is 11.1. The van der Waals surface area contributed by atoms with E-state index in [4.69, 9.17) is 9.47 Å². The Hall–Kier alpha value is -3.53. The maximum atomic E-state index is 13.6. The number of anilines is 3. The van der Waals surface area contributed by atoms with Crippen LogP contribution in [0, 0.1) is 0 Å². The van der Waals surface area contributed by atoms with Gasteiger partial charge in [-0.2, -0.15) is 13.2 Å². The number of aromatic nitrogens is 2. The minimum Gasteiger partial charge on any atom is -0.484 e. The summed E-state index contributed by atoms with van der Waals surface area (Å²) in [6, 6.07) is 10.1. The van der Waals surface area contributed by atoms with Crippen molar-refractivity contribution in [1.29, 1.82) is 0 Å². The number of morpholine rings is 1. The predicted octanol–water partition coefficient (Wildman–Crippen LogP) is 4.48. The van der Waals surface area contributed by atoms with Gasteiger partial charge in [-0.3, -0.25) is 0 Å². The smallest absolute Gasteiger partial charge is 0.417 e. The van der Waals surface area contributed by atoms with Gasteiger partial charge in [0, 0.05) is 49.0 Å². The third-order valence-electron chi connectivity index (χ3n) is 5.80. The molecule has 3 aromatic rings. The molecule has 0 aliphatic carbocycles. The van der Waals surface area contributed by atoms with Crippen LogP contribution in [0.25, 0.3) is 10.9 Å². The fourth-order valence-electron chi connectivity index (χ4n) is 4.05. The van der Waals surface area contributed by atoms with Crippen molar-refractivity contribution < 1.29 is 22.6 Å². The molecule has 1 atom stereocenters. The molecule has 2 aliphatic heterocycles. The Bertz CT molecular complexity index is 1180. The van der Waals surface area contributed by atoms with Crippen LogP contribution in [0.3, 0.4) is 0 Å². The molecule has 2 aliphatic rings. The molecule has 178 valence electrons. The largest absolute Gasteiger partial charge is 0.484 e. The Morgan fingerprint density at radius 2 is 1.88 bits per heavy atom. The van der Waals surface area contributed by atoms with Gasteiger partial charge in [-0.25, -0.2) is 9.97 Å². The van der Waals surface area contributed by atoms with Gasteiger partial charge in [0.25, 0.3) is 0 Å². The molecule has 2 aromatic carbocycles. The Labute approximate surface area is 194 Å². The quantitative estimate of drug-likeness (QED) is 0.569. The van der Waals surface area contributed by atoms with Crippen molar-refractivity contribution in [3.8, 4) is 5.75 Å². The fraction of sp³-hybridized carbons (Fsp3) is 0.333. The van der Waals surface area contributed by atoms with E-state index in [0.717, 1.165) is 37.1 Å². The summed E-state index contributed by atoms with van der Waals surface area (Å²) in [7, 11) is 0. The highest BCUT2D eigenvalue weighted by molar-refractivity contribution is 5.88. The molecule has 5 rings (SSSR count). The Morgan fingerprint density at radius 1 is 1.09 bits per heavy atom. The highest BCUT2D eigenvalue weighted by Gasteiger charge is 2.34. The van der Waals surface area contributed by atoms with Crippen LogP contribution in [0.1, 0.15) is 12.0 Å². The summed E-state index contributed by atoms with van der Waals surface area (Å²) >= 11 is 0. The SMILES string of the molecule is FC(F)(F)c1ccc(OC2C=CNCC2)c2nc(Nc3ccc(N4CCOCC4)cc3)ncc12. The summed E-state index contributed by atoms with van der Waals surface area (Å²) < 4.78 is 52.2. The molecule has 0 spiro atoms. The molecular formula is C24H24F3N5O2. The lowest BCUT2D eigenvalue weighted by molar-refractivity contribution is -0.136. The molecule has 0 saturated carbocycles. The summed E-state index contributed by atoms with van der Waals surface area (Å²) in [5, 5.41) is 6.06. The highest BCUT2D eigenvalue weighted by atomic mass is 19.4. The van der Waals surface area contributed by atoms with Crippen molar-refractivity contribution in [2.75, 3.05) is 43.1 Å². The lowest BCUT2D eigenvalue weighted by atomic mass is 10.1. The zero-order chi connectivity index (χ0) is 23.5. The predicted molar refractivity (Wildman–Crippen MR) is 123 cm³/mol. The van der Waals surface area contributed by atoms with Gasteiger partial charge in [0.1, 0.15) is 17.4 Å². The van der Waals surface area contributed by atoms with E-state index >= 15 is 0 Å². The van der Waals surface area contributed by atoms with Crippen molar-refractivity contribution >= 4 is 28.2 Å². The normalized spacial score (nSPS) is 18.6. The number of fused-ring (bicyclic) bond motifs is 1. The number of hydrogen-bond acceptors (Lipinski definition) is 7. The van der Waals surface area contributed by atoms with Gasteiger partial charge >= 0.3 is 6.18 Å². The van der Waals surface area contributed by atoms with Crippen LogP contribution < -0.4 is 20.3 Å². The van der Waals surface area contributed by atoms with E-state index in [0.29, 0.717) is 19.6 Å². The maximum absolute atomic E-state index is 13.6. The van der Waals surface area contributed by atoms with Crippen LogP contribution in [0.5, 0.6) is 5.75 Å². The molecule has 1 fully saturated rings. The molecule has 2 N–H and O–H groups in total. The van der Waals surface area contributed by atoms with Crippen molar-refractivity contribution in [2.24, 2.45) is 0 Å². The van der Waals surface area contributed by atoms with Crippen LogP contribution in [0.15, 0.2) is 54.9 Å². The Morgan fingerprint density at radius 3 is 2.59 bits per heavy atom. The van der Waals surface area contributed by atoms with Crippen LogP contribution in [0.2, 0.25) is 0 Å². The highest BCUT2D eigenvalue weighted by Crippen LogP contribution is 2.38. The van der Waals surface area contributed by atoms with Crippen molar-refractivity contribution in [1.82, 2.24) is 15.3 Å². The second kappa shape index (κ2) is 9.38. The standard InChI is InChI=1S/C24H24F3N5O2/c25-24(26,27)20-5-6-21(34-18-7-9-28-10-8-18)22-19(20)15-29-23(31-22)30-16-1-3-17(4-2-16)32-11-13-33-14-12-32/h1-7,9,15,18,28H,8,10-14H2,(H,29,30,31). The van der Waals surface area contributed by atoms with Crippen LogP contribution in [-0.2, 0) is 10.9 Å². The van der Waals surface area contributed by atoms with Gasteiger partial charge in [0.2, 0.25) is 5.95 Å². The summed E-state index contributed by atoms with van der Waals surface area (Å²) in [6.45, 7) is 3.78. The molecule has 0 bridgehead atoms. The van der Waals surface area contributed by atoms with E-state index in [2.05, 4.69) is 25.5 Å². The van der Waals surface area contributed by atoms with Gasteiger partial charge in [0.05, 0.1) is 18.8 Å². The van der Waals surface area contributed by atoms with E-state index in [1.165, 1.54) is 12.3 Å². The number of ether oxygens (including phenoxy) is 2. The number of nitrogens with zero attached hydrogens (tertiary/aromatic N) is 3. The summed E-state index contributed by atoms with van der Waals surface area (Å²) in [5.41, 5.74) is 1.13. The van der Waals surface area contributed by atoms with E-state index in [1.54, 1.807) is 6.20 Å². The molecule has 10 heteroatoms. The van der Waals surface area contributed by atoms with Crippen LogP contribution in [0.4, 0.5) is 30.5 Å². The number of halogens is 3. The molecule has 3 heterocycles. The average Bonchev–Trinajstić information content (AvgIpc) is 2.85. The van der Waals surface area contributed by atoms with Gasteiger partial charge < -0.3 is 25.0 Å². The number of alkyl halides is 3. The maximum Gasteiger partial charge on any atom is 0.417 e. The van der Waals surface area contributed by atoms with Crippen LogP contribution in [-0.4, -0.2) is 48.9 Å². The number of hydrogen-bond donors (Lipinski definition) is 2. The molecule has 1 unspecified atom stereocenters. The number of nitrogens with one attached hydrogen (secondary N) is 2. The number of benzene rings is 2.